The Bertz CT molecular complexity index is 961. The molecule has 2 aromatic rings. The molecule has 0 aliphatic carbocycles. The zero-order valence-electron chi connectivity index (χ0n) is 14.6. The van der Waals surface area contributed by atoms with Crippen LogP contribution in [0.4, 0.5) is 10.1 Å². The van der Waals surface area contributed by atoms with Crippen molar-refractivity contribution in [2.75, 3.05) is 26.0 Å². The van der Waals surface area contributed by atoms with E-state index in [1.54, 1.807) is 0 Å². The molecule has 27 heavy (non-hydrogen) atoms. The first kappa shape index (κ1) is 20.3. The number of nitrogens with zero attached hydrogens (tertiary/aromatic N) is 1. The molecule has 0 unspecified atom stereocenters. The van der Waals surface area contributed by atoms with Gasteiger partial charge in [0.15, 0.2) is 0 Å². The maximum atomic E-state index is 12.9. The van der Waals surface area contributed by atoms with Crippen LogP contribution in [-0.2, 0) is 14.8 Å². The van der Waals surface area contributed by atoms with Crippen molar-refractivity contribution >= 4 is 27.5 Å². The highest BCUT2D eigenvalue weighted by molar-refractivity contribution is 7.89. The fraction of sp³-hybridized carbons (Fsp3) is 0.176. The minimum Gasteiger partial charge on any atom is -0.496 e. The van der Waals surface area contributed by atoms with Crippen molar-refractivity contribution in [2.24, 2.45) is 5.14 Å². The number of methoxy groups -OCH3 is 1. The number of carbonyl (C=O) groups is 2. The third-order valence-electron chi connectivity index (χ3n) is 3.59. The average molecular weight is 395 g/mol. The van der Waals surface area contributed by atoms with E-state index in [9.17, 15) is 22.4 Å². The maximum Gasteiger partial charge on any atom is 0.257 e. The normalized spacial score (nSPS) is 11.0. The second-order valence-corrected chi connectivity index (χ2v) is 7.18. The van der Waals surface area contributed by atoms with Crippen molar-refractivity contribution in [1.82, 2.24) is 4.90 Å². The molecule has 2 rings (SSSR count). The van der Waals surface area contributed by atoms with Gasteiger partial charge in [-0.2, -0.15) is 0 Å². The lowest BCUT2D eigenvalue weighted by Gasteiger charge is -2.19. The van der Waals surface area contributed by atoms with Gasteiger partial charge in [-0.3, -0.25) is 9.59 Å². The number of amides is 2. The highest BCUT2D eigenvalue weighted by Gasteiger charge is 2.21. The van der Waals surface area contributed by atoms with E-state index in [2.05, 4.69) is 5.32 Å². The van der Waals surface area contributed by atoms with Crippen molar-refractivity contribution in [3.05, 3.63) is 53.8 Å². The molecule has 0 bridgehead atoms. The number of halogens is 1. The summed E-state index contributed by atoms with van der Waals surface area (Å²) < 4.78 is 41.0. The molecule has 0 spiro atoms. The molecule has 0 aliphatic heterocycles. The SMILES string of the molecule is COc1ccc(S(N)(=O)=O)cc1C(=O)N(C)CC(=O)Nc1ccc(F)cc1. The van der Waals surface area contributed by atoms with Gasteiger partial charge < -0.3 is 15.0 Å². The van der Waals surface area contributed by atoms with Gasteiger partial charge in [0.05, 0.1) is 24.1 Å². The van der Waals surface area contributed by atoms with Crippen LogP contribution in [0.3, 0.4) is 0 Å². The summed E-state index contributed by atoms with van der Waals surface area (Å²) >= 11 is 0. The van der Waals surface area contributed by atoms with E-state index in [-0.39, 0.29) is 22.8 Å². The van der Waals surface area contributed by atoms with E-state index in [1.165, 1.54) is 50.6 Å². The van der Waals surface area contributed by atoms with Crippen molar-refractivity contribution in [1.29, 1.82) is 0 Å². The Morgan fingerprint density at radius 1 is 1.19 bits per heavy atom. The van der Waals surface area contributed by atoms with Crippen LogP contribution in [0.5, 0.6) is 5.75 Å². The molecule has 0 aromatic heterocycles. The minimum absolute atomic E-state index is 0.0545. The largest absolute Gasteiger partial charge is 0.496 e. The maximum absolute atomic E-state index is 12.9. The fourth-order valence-electron chi connectivity index (χ4n) is 2.26. The number of nitrogens with two attached hydrogens (primary N) is 1. The molecule has 0 fully saturated rings. The molecular formula is C17H18FN3O5S. The van der Waals surface area contributed by atoms with Gasteiger partial charge in [-0.05, 0) is 42.5 Å². The Kier molecular flexibility index (Phi) is 6.13. The van der Waals surface area contributed by atoms with Gasteiger partial charge in [0, 0.05) is 12.7 Å². The standard InChI is InChI=1S/C17H18FN3O5S/c1-21(10-16(22)20-12-5-3-11(18)4-6-12)17(23)14-9-13(27(19,24)25)7-8-15(14)26-2/h3-9H,10H2,1-2H3,(H,20,22)(H2,19,24,25). The van der Waals surface area contributed by atoms with Crippen LogP contribution < -0.4 is 15.2 Å². The van der Waals surface area contributed by atoms with Gasteiger partial charge in [0.25, 0.3) is 5.91 Å². The topological polar surface area (TPSA) is 119 Å². The number of carbonyl (C=O) groups excluding carboxylic acids is 2. The number of ether oxygens (including phenoxy) is 1. The first-order chi connectivity index (χ1) is 12.6. The molecule has 2 aromatic carbocycles. The zero-order valence-corrected chi connectivity index (χ0v) is 15.4. The summed E-state index contributed by atoms with van der Waals surface area (Å²) in [5, 5.41) is 7.61. The quantitative estimate of drug-likeness (QED) is 0.762. The lowest BCUT2D eigenvalue weighted by molar-refractivity contribution is -0.116. The monoisotopic (exact) mass is 395 g/mol. The van der Waals surface area contributed by atoms with Gasteiger partial charge in [0.2, 0.25) is 15.9 Å². The molecule has 0 heterocycles. The predicted octanol–water partition coefficient (Wildman–Crippen LogP) is 1.19. The molecule has 3 N–H and O–H groups in total. The third-order valence-corrected chi connectivity index (χ3v) is 4.50. The number of sulfonamides is 1. The fourth-order valence-corrected chi connectivity index (χ4v) is 2.80. The zero-order chi connectivity index (χ0) is 20.2. The molecule has 144 valence electrons. The Hall–Kier alpha value is -2.98. The van der Waals surface area contributed by atoms with E-state index in [0.29, 0.717) is 5.69 Å². The number of benzene rings is 2. The molecule has 0 atom stereocenters. The van der Waals surface area contributed by atoms with Crippen molar-refractivity contribution in [3.63, 3.8) is 0 Å². The lowest BCUT2D eigenvalue weighted by atomic mass is 10.1. The van der Waals surface area contributed by atoms with Crippen LogP contribution in [0.1, 0.15) is 10.4 Å². The molecular weight excluding hydrogens is 377 g/mol. The van der Waals surface area contributed by atoms with Crippen molar-refractivity contribution < 1.29 is 27.1 Å². The second kappa shape index (κ2) is 8.14. The summed E-state index contributed by atoms with van der Waals surface area (Å²) in [4.78, 5) is 25.5. The van der Waals surface area contributed by atoms with Gasteiger partial charge in [-0.1, -0.05) is 0 Å². The molecule has 0 saturated heterocycles. The lowest BCUT2D eigenvalue weighted by Crippen LogP contribution is -2.35. The second-order valence-electron chi connectivity index (χ2n) is 5.62. The number of primary sulfonamides is 1. The number of hydrogen-bond donors (Lipinski definition) is 2. The predicted molar refractivity (Wildman–Crippen MR) is 96.4 cm³/mol. The molecule has 0 aliphatic rings. The van der Waals surface area contributed by atoms with Crippen LogP contribution in [0, 0.1) is 5.82 Å². The molecule has 2 amide bonds. The number of rotatable bonds is 6. The van der Waals surface area contributed by atoms with Gasteiger partial charge in [-0.25, -0.2) is 17.9 Å². The van der Waals surface area contributed by atoms with Crippen molar-refractivity contribution in [3.8, 4) is 5.75 Å². The number of anilines is 1. The first-order valence-corrected chi connectivity index (χ1v) is 9.18. The van der Waals surface area contributed by atoms with Gasteiger partial charge in [0.1, 0.15) is 11.6 Å². The van der Waals surface area contributed by atoms with Crippen LogP contribution in [0.2, 0.25) is 0 Å². The van der Waals surface area contributed by atoms with E-state index >= 15 is 0 Å². The third kappa shape index (κ3) is 5.25. The summed E-state index contributed by atoms with van der Waals surface area (Å²) in [6, 6.07) is 8.75. The summed E-state index contributed by atoms with van der Waals surface area (Å²) in [5.41, 5.74) is 0.317. The van der Waals surface area contributed by atoms with Crippen molar-refractivity contribution in [2.45, 2.75) is 4.90 Å². The van der Waals surface area contributed by atoms with Crippen LogP contribution >= 0.6 is 0 Å². The highest BCUT2D eigenvalue weighted by Crippen LogP contribution is 2.23. The molecule has 8 nitrogen and oxygen atoms in total. The van der Waals surface area contributed by atoms with Gasteiger partial charge >= 0.3 is 0 Å². The highest BCUT2D eigenvalue weighted by atomic mass is 32.2. The summed E-state index contributed by atoms with van der Waals surface area (Å²) in [5.74, 6) is -1.45. The summed E-state index contributed by atoms with van der Waals surface area (Å²) in [6.45, 7) is -0.320. The van der Waals surface area contributed by atoms with Gasteiger partial charge in [-0.15, -0.1) is 0 Å². The van der Waals surface area contributed by atoms with E-state index in [1.807, 2.05) is 0 Å². The van der Waals surface area contributed by atoms with E-state index in [4.69, 9.17) is 9.88 Å². The van der Waals surface area contributed by atoms with Crippen LogP contribution in [0.25, 0.3) is 0 Å². The average Bonchev–Trinajstić information content (AvgIpc) is 2.61. The number of nitrogens with one attached hydrogen (secondary N) is 1. The summed E-state index contributed by atoms with van der Waals surface area (Å²) in [7, 11) is -1.32. The minimum atomic E-state index is -4.01. The van der Waals surface area contributed by atoms with Crippen LogP contribution in [0.15, 0.2) is 47.4 Å². The molecule has 10 heteroatoms. The van der Waals surface area contributed by atoms with E-state index in [0.717, 1.165) is 11.0 Å². The Morgan fingerprint density at radius 2 is 1.81 bits per heavy atom. The Morgan fingerprint density at radius 3 is 2.37 bits per heavy atom. The Balaban J connectivity index is 2.16. The number of likely N-dealkylation sites (N-methyl/N-ethyl adjacent to an activating group) is 1. The summed E-state index contributed by atoms with van der Waals surface area (Å²) in [6.07, 6.45) is 0. The number of hydrogen-bond acceptors (Lipinski definition) is 5. The molecule has 0 radical (unpaired) electrons. The Labute approximate surface area is 155 Å². The first-order valence-electron chi connectivity index (χ1n) is 7.63. The van der Waals surface area contributed by atoms with E-state index < -0.39 is 27.7 Å². The van der Waals surface area contributed by atoms with Crippen LogP contribution in [-0.4, -0.2) is 45.8 Å². The molecule has 0 saturated carbocycles. The smallest absolute Gasteiger partial charge is 0.257 e.